The van der Waals surface area contributed by atoms with Crippen LogP contribution in [0.3, 0.4) is 0 Å². The number of aryl methyl sites for hydroxylation is 1. The molecule has 2 aromatic heterocycles. The predicted molar refractivity (Wildman–Crippen MR) is 63.4 cm³/mol. The lowest BCUT2D eigenvalue weighted by Crippen LogP contribution is -2.10. The van der Waals surface area contributed by atoms with Crippen molar-refractivity contribution in [3.05, 3.63) is 38.9 Å². The Morgan fingerprint density at radius 1 is 1.47 bits per heavy atom. The lowest BCUT2D eigenvalue weighted by atomic mass is 10.3. The monoisotopic (exact) mass is 285 g/mol. The molecule has 0 radical (unpaired) electrons. The maximum absolute atomic E-state index is 11.7. The van der Waals surface area contributed by atoms with E-state index in [0.717, 1.165) is 11.3 Å². The van der Waals surface area contributed by atoms with Crippen LogP contribution in [0.2, 0.25) is 0 Å². The Kier molecular flexibility index (Phi) is 2.93. The maximum atomic E-state index is 11.7. The van der Waals surface area contributed by atoms with E-state index in [1.807, 2.05) is 17.7 Å². The molecule has 0 saturated heterocycles. The fourth-order valence-corrected chi connectivity index (χ4v) is 2.20. The SMILES string of the molecule is Cc1cscc1NC(=O)c1ccc(Br)o1. The molecule has 15 heavy (non-hydrogen) atoms. The first-order chi connectivity index (χ1) is 7.16. The van der Waals surface area contributed by atoms with E-state index >= 15 is 0 Å². The fourth-order valence-electron chi connectivity index (χ4n) is 1.11. The first-order valence-electron chi connectivity index (χ1n) is 4.26. The van der Waals surface area contributed by atoms with Crippen LogP contribution in [0.1, 0.15) is 16.1 Å². The Hall–Kier alpha value is -1.07. The highest BCUT2D eigenvalue weighted by Gasteiger charge is 2.11. The molecule has 0 spiro atoms. The van der Waals surface area contributed by atoms with Crippen molar-refractivity contribution in [2.45, 2.75) is 6.92 Å². The molecule has 0 aliphatic rings. The first kappa shape index (κ1) is 10.4. The summed E-state index contributed by atoms with van der Waals surface area (Å²) in [6, 6.07) is 3.32. The Morgan fingerprint density at radius 2 is 2.27 bits per heavy atom. The van der Waals surface area contributed by atoms with E-state index in [1.165, 1.54) is 0 Å². The van der Waals surface area contributed by atoms with Crippen LogP contribution in [0.15, 0.2) is 32.0 Å². The lowest BCUT2D eigenvalue weighted by Gasteiger charge is -2.00. The Morgan fingerprint density at radius 3 is 2.80 bits per heavy atom. The minimum absolute atomic E-state index is 0.234. The van der Waals surface area contributed by atoms with Gasteiger partial charge in [-0.1, -0.05) is 0 Å². The molecule has 0 bridgehead atoms. The molecule has 3 nitrogen and oxygen atoms in total. The van der Waals surface area contributed by atoms with Crippen molar-refractivity contribution in [3.8, 4) is 0 Å². The zero-order valence-electron chi connectivity index (χ0n) is 7.91. The topological polar surface area (TPSA) is 42.2 Å². The molecule has 1 N–H and O–H groups in total. The number of furan rings is 1. The number of carbonyl (C=O) groups excluding carboxylic acids is 1. The van der Waals surface area contributed by atoms with Crippen LogP contribution in [-0.4, -0.2) is 5.91 Å². The summed E-state index contributed by atoms with van der Waals surface area (Å²) in [6.07, 6.45) is 0. The largest absolute Gasteiger partial charge is 0.444 e. The molecule has 2 aromatic rings. The van der Waals surface area contributed by atoms with Crippen molar-refractivity contribution in [3.63, 3.8) is 0 Å². The van der Waals surface area contributed by atoms with Crippen molar-refractivity contribution in [1.82, 2.24) is 0 Å². The van der Waals surface area contributed by atoms with E-state index in [-0.39, 0.29) is 5.91 Å². The van der Waals surface area contributed by atoms with Crippen molar-refractivity contribution < 1.29 is 9.21 Å². The second-order valence-electron chi connectivity index (χ2n) is 3.03. The molecule has 0 aliphatic carbocycles. The van der Waals surface area contributed by atoms with Gasteiger partial charge in [-0.05, 0) is 45.9 Å². The molecule has 0 saturated carbocycles. The first-order valence-corrected chi connectivity index (χ1v) is 6.00. The summed E-state index contributed by atoms with van der Waals surface area (Å²) in [5.41, 5.74) is 1.89. The molecular formula is C10H8BrNO2S. The van der Waals surface area contributed by atoms with Crippen LogP contribution in [0.4, 0.5) is 5.69 Å². The van der Waals surface area contributed by atoms with Gasteiger partial charge in [0.05, 0.1) is 5.69 Å². The second kappa shape index (κ2) is 4.20. The molecular weight excluding hydrogens is 278 g/mol. The van der Waals surface area contributed by atoms with Crippen molar-refractivity contribution >= 4 is 38.9 Å². The summed E-state index contributed by atoms with van der Waals surface area (Å²) < 4.78 is 5.69. The third kappa shape index (κ3) is 2.30. The minimum atomic E-state index is -0.234. The normalized spacial score (nSPS) is 10.3. The van der Waals surface area contributed by atoms with Gasteiger partial charge in [-0.25, -0.2) is 0 Å². The quantitative estimate of drug-likeness (QED) is 0.915. The van der Waals surface area contributed by atoms with Gasteiger partial charge < -0.3 is 9.73 Å². The number of nitrogens with one attached hydrogen (secondary N) is 1. The van der Waals surface area contributed by atoms with Crippen molar-refractivity contribution in [2.75, 3.05) is 5.32 Å². The van der Waals surface area contributed by atoms with Gasteiger partial charge in [0.1, 0.15) is 0 Å². The number of hydrogen-bond acceptors (Lipinski definition) is 3. The highest BCUT2D eigenvalue weighted by Crippen LogP contribution is 2.21. The third-order valence-corrected chi connectivity index (χ3v) is 3.19. The Balaban J connectivity index is 2.14. The number of anilines is 1. The molecule has 1 amide bonds. The van der Waals surface area contributed by atoms with Crippen LogP contribution < -0.4 is 5.32 Å². The Bertz CT molecular complexity index is 489. The van der Waals surface area contributed by atoms with Gasteiger partial charge in [0, 0.05) is 5.38 Å². The highest BCUT2D eigenvalue weighted by molar-refractivity contribution is 9.10. The zero-order valence-corrected chi connectivity index (χ0v) is 10.3. The van der Waals surface area contributed by atoms with Crippen LogP contribution in [0, 0.1) is 6.92 Å². The van der Waals surface area contributed by atoms with Gasteiger partial charge in [-0.3, -0.25) is 4.79 Å². The molecule has 78 valence electrons. The number of hydrogen-bond donors (Lipinski definition) is 1. The molecule has 2 heterocycles. The van der Waals surface area contributed by atoms with Gasteiger partial charge in [-0.15, -0.1) is 11.3 Å². The molecule has 0 atom stereocenters. The lowest BCUT2D eigenvalue weighted by molar-refractivity contribution is 0.0995. The third-order valence-electron chi connectivity index (χ3n) is 1.90. The van der Waals surface area contributed by atoms with Crippen LogP contribution >= 0.6 is 27.3 Å². The van der Waals surface area contributed by atoms with Crippen LogP contribution in [0.25, 0.3) is 0 Å². The number of amides is 1. The molecule has 0 unspecified atom stereocenters. The summed E-state index contributed by atoms with van der Waals surface area (Å²) in [4.78, 5) is 11.7. The molecule has 0 fully saturated rings. The van der Waals surface area contributed by atoms with E-state index in [0.29, 0.717) is 10.4 Å². The van der Waals surface area contributed by atoms with Crippen molar-refractivity contribution in [2.24, 2.45) is 0 Å². The summed E-state index contributed by atoms with van der Waals surface area (Å²) in [6.45, 7) is 1.95. The predicted octanol–water partition coefficient (Wildman–Crippen LogP) is 3.66. The fraction of sp³-hybridized carbons (Fsp3) is 0.100. The number of thiophene rings is 1. The average molecular weight is 286 g/mol. The average Bonchev–Trinajstić information content (AvgIpc) is 2.77. The van der Waals surface area contributed by atoms with E-state index in [2.05, 4.69) is 21.2 Å². The molecule has 0 aliphatic heterocycles. The van der Waals surface area contributed by atoms with Crippen LogP contribution in [-0.2, 0) is 0 Å². The van der Waals surface area contributed by atoms with Gasteiger partial charge in [0.15, 0.2) is 10.4 Å². The smallest absolute Gasteiger partial charge is 0.291 e. The minimum Gasteiger partial charge on any atom is -0.444 e. The van der Waals surface area contributed by atoms with E-state index in [4.69, 9.17) is 4.42 Å². The maximum Gasteiger partial charge on any atom is 0.291 e. The Labute approximate surface area is 99.2 Å². The van der Waals surface area contributed by atoms with Gasteiger partial charge >= 0.3 is 0 Å². The summed E-state index contributed by atoms with van der Waals surface area (Å²) in [7, 11) is 0. The molecule has 0 aromatic carbocycles. The second-order valence-corrected chi connectivity index (χ2v) is 4.55. The van der Waals surface area contributed by atoms with Crippen LogP contribution in [0.5, 0.6) is 0 Å². The van der Waals surface area contributed by atoms with E-state index in [9.17, 15) is 4.79 Å². The van der Waals surface area contributed by atoms with E-state index in [1.54, 1.807) is 23.5 Å². The number of carbonyl (C=O) groups is 1. The standard InChI is InChI=1S/C10H8BrNO2S/c1-6-4-15-5-7(6)12-10(13)8-2-3-9(11)14-8/h2-5H,1H3,(H,12,13). The zero-order chi connectivity index (χ0) is 10.8. The highest BCUT2D eigenvalue weighted by atomic mass is 79.9. The summed E-state index contributed by atoms with van der Waals surface area (Å²) in [5.74, 6) is 0.0645. The number of rotatable bonds is 2. The van der Waals surface area contributed by atoms with Crippen molar-refractivity contribution in [1.29, 1.82) is 0 Å². The summed E-state index contributed by atoms with van der Waals surface area (Å²) in [5, 5.41) is 6.65. The molecule has 5 heteroatoms. The molecule has 2 rings (SSSR count). The summed E-state index contributed by atoms with van der Waals surface area (Å²) >= 11 is 4.70. The van der Waals surface area contributed by atoms with Gasteiger partial charge in [0.2, 0.25) is 0 Å². The van der Waals surface area contributed by atoms with Gasteiger partial charge in [-0.2, -0.15) is 0 Å². The number of halogens is 1. The van der Waals surface area contributed by atoms with Gasteiger partial charge in [0.25, 0.3) is 5.91 Å². The van der Waals surface area contributed by atoms with E-state index < -0.39 is 0 Å².